The van der Waals surface area contributed by atoms with Crippen molar-refractivity contribution in [2.24, 2.45) is 0 Å². The zero-order chi connectivity index (χ0) is 16.1. The van der Waals surface area contributed by atoms with E-state index in [0.29, 0.717) is 6.54 Å². The highest BCUT2D eigenvalue weighted by atomic mass is 35.5. The Morgan fingerprint density at radius 3 is 2.58 bits per heavy atom. The first-order valence-electron chi connectivity index (χ1n) is 7.79. The van der Waals surface area contributed by atoms with Gasteiger partial charge in [0.15, 0.2) is 0 Å². The molecule has 1 aliphatic heterocycles. The summed E-state index contributed by atoms with van der Waals surface area (Å²) in [5, 5.41) is 7.05. The molecular formula is C17H21Cl2N3OS. The fourth-order valence-corrected chi connectivity index (χ4v) is 3.63. The second kappa shape index (κ2) is 9.39. The van der Waals surface area contributed by atoms with Crippen molar-refractivity contribution in [3.8, 4) is 10.4 Å². The minimum atomic E-state index is 0. The Hall–Kier alpha value is -1.11. The minimum Gasteiger partial charge on any atom is -0.350 e. The third-order valence-electron chi connectivity index (χ3n) is 3.88. The van der Waals surface area contributed by atoms with E-state index in [1.807, 2.05) is 36.4 Å². The molecule has 2 heterocycles. The number of nitrogens with one attached hydrogen (secondary N) is 2. The summed E-state index contributed by atoms with van der Waals surface area (Å²) in [6, 6.07) is 11.5. The number of thiophene rings is 1. The van der Waals surface area contributed by atoms with Gasteiger partial charge < -0.3 is 10.6 Å². The van der Waals surface area contributed by atoms with Crippen molar-refractivity contribution in [2.45, 2.75) is 0 Å². The van der Waals surface area contributed by atoms with Crippen molar-refractivity contribution < 1.29 is 4.79 Å². The van der Waals surface area contributed by atoms with Crippen LogP contribution >= 0.6 is 35.3 Å². The third kappa shape index (κ3) is 5.19. The molecule has 1 fully saturated rings. The van der Waals surface area contributed by atoms with Gasteiger partial charge in [-0.1, -0.05) is 23.7 Å². The second-order valence-electron chi connectivity index (χ2n) is 5.52. The maximum absolute atomic E-state index is 12.2. The lowest BCUT2D eigenvalue weighted by atomic mass is 10.2. The molecule has 1 aromatic carbocycles. The molecular weight excluding hydrogens is 365 g/mol. The van der Waals surface area contributed by atoms with Crippen molar-refractivity contribution >= 4 is 41.3 Å². The lowest BCUT2D eigenvalue weighted by molar-refractivity contribution is 0.0951. The summed E-state index contributed by atoms with van der Waals surface area (Å²) in [5.41, 5.74) is 1.08. The summed E-state index contributed by atoms with van der Waals surface area (Å²) in [6.07, 6.45) is 0. The van der Waals surface area contributed by atoms with Crippen molar-refractivity contribution in [3.05, 3.63) is 46.3 Å². The fourth-order valence-electron chi connectivity index (χ4n) is 2.58. The Labute approximate surface area is 157 Å². The molecule has 2 N–H and O–H groups in total. The lowest BCUT2D eigenvalue weighted by Gasteiger charge is -2.26. The first kappa shape index (κ1) is 19.2. The van der Waals surface area contributed by atoms with E-state index in [4.69, 9.17) is 11.6 Å². The molecule has 1 amide bonds. The van der Waals surface area contributed by atoms with Crippen LogP contribution in [0.25, 0.3) is 10.4 Å². The molecule has 7 heteroatoms. The van der Waals surface area contributed by atoms with Crippen LogP contribution in [0.4, 0.5) is 0 Å². The highest BCUT2D eigenvalue weighted by molar-refractivity contribution is 7.17. The first-order valence-corrected chi connectivity index (χ1v) is 8.99. The Kier molecular flexibility index (Phi) is 7.52. The van der Waals surface area contributed by atoms with Gasteiger partial charge in [-0.15, -0.1) is 23.7 Å². The van der Waals surface area contributed by atoms with Crippen molar-refractivity contribution in [2.75, 3.05) is 39.3 Å². The van der Waals surface area contributed by atoms with Crippen molar-refractivity contribution in [1.82, 2.24) is 15.5 Å². The van der Waals surface area contributed by atoms with Gasteiger partial charge >= 0.3 is 0 Å². The maximum Gasteiger partial charge on any atom is 0.261 e. The zero-order valence-corrected chi connectivity index (χ0v) is 15.6. The third-order valence-corrected chi connectivity index (χ3v) is 5.27. The normalized spacial score (nSPS) is 14.9. The Bertz CT molecular complexity index is 654. The molecule has 1 aromatic heterocycles. The van der Waals surface area contributed by atoms with E-state index in [1.54, 1.807) is 0 Å². The van der Waals surface area contributed by atoms with Gasteiger partial charge in [0.2, 0.25) is 0 Å². The van der Waals surface area contributed by atoms with Crippen LogP contribution < -0.4 is 10.6 Å². The van der Waals surface area contributed by atoms with Gasteiger partial charge in [-0.3, -0.25) is 9.69 Å². The topological polar surface area (TPSA) is 44.4 Å². The number of hydrogen-bond acceptors (Lipinski definition) is 4. The van der Waals surface area contributed by atoms with E-state index in [9.17, 15) is 4.79 Å². The Morgan fingerprint density at radius 2 is 1.88 bits per heavy atom. The number of piperazine rings is 1. The molecule has 0 atom stereocenters. The fraction of sp³-hybridized carbons (Fsp3) is 0.353. The maximum atomic E-state index is 12.2. The molecule has 1 aliphatic rings. The van der Waals surface area contributed by atoms with Gasteiger partial charge in [-0.2, -0.15) is 0 Å². The number of halogens is 2. The van der Waals surface area contributed by atoms with E-state index in [1.165, 1.54) is 11.3 Å². The van der Waals surface area contributed by atoms with Crippen LogP contribution in [-0.2, 0) is 0 Å². The van der Waals surface area contributed by atoms with Gasteiger partial charge in [-0.25, -0.2) is 0 Å². The van der Waals surface area contributed by atoms with Crippen LogP contribution in [0.5, 0.6) is 0 Å². The summed E-state index contributed by atoms with van der Waals surface area (Å²) in [6.45, 7) is 5.76. The summed E-state index contributed by atoms with van der Waals surface area (Å²) in [5.74, 6) is 0.00495. The van der Waals surface area contributed by atoms with E-state index in [0.717, 1.165) is 53.1 Å². The number of rotatable bonds is 5. The monoisotopic (exact) mass is 385 g/mol. The van der Waals surface area contributed by atoms with Gasteiger partial charge in [0.1, 0.15) is 0 Å². The number of hydrogen-bond donors (Lipinski definition) is 2. The summed E-state index contributed by atoms with van der Waals surface area (Å²) in [4.78, 5) is 16.4. The van der Waals surface area contributed by atoms with E-state index >= 15 is 0 Å². The summed E-state index contributed by atoms with van der Waals surface area (Å²) in [7, 11) is 0. The summed E-state index contributed by atoms with van der Waals surface area (Å²) < 4.78 is 0. The Morgan fingerprint density at radius 1 is 1.17 bits per heavy atom. The van der Waals surface area contributed by atoms with E-state index in [2.05, 4.69) is 15.5 Å². The van der Waals surface area contributed by atoms with E-state index < -0.39 is 0 Å². The molecule has 130 valence electrons. The lowest BCUT2D eigenvalue weighted by Crippen LogP contribution is -2.46. The number of nitrogens with zero attached hydrogens (tertiary/aromatic N) is 1. The zero-order valence-electron chi connectivity index (χ0n) is 13.3. The smallest absolute Gasteiger partial charge is 0.261 e. The van der Waals surface area contributed by atoms with Gasteiger partial charge in [0.05, 0.1) is 4.88 Å². The van der Waals surface area contributed by atoms with Crippen LogP contribution in [0, 0.1) is 0 Å². The van der Waals surface area contributed by atoms with Crippen LogP contribution in [0.3, 0.4) is 0 Å². The van der Waals surface area contributed by atoms with Gasteiger partial charge in [-0.05, 0) is 29.8 Å². The number of benzene rings is 1. The van der Waals surface area contributed by atoms with Gasteiger partial charge in [0.25, 0.3) is 5.91 Å². The predicted octanol–water partition coefficient (Wildman–Crippen LogP) is 3.13. The quantitative estimate of drug-likeness (QED) is 0.830. The van der Waals surface area contributed by atoms with Crippen LogP contribution in [0.2, 0.25) is 5.02 Å². The molecule has 0 unspecified atom stereocenters. The molecule has 0 radical (unpaired) electrons. The van der Waals surface area contributed by atoms with Gasteiger partial charge in [0, 0.05) is 49.2 Å². The first-order chi connectivity index (χ1) is 11.2. The van der Waals surface area contributed by atoms with E-state index in [-0.39, 0.29) is 18.3 Å². The van der Waals surface area contributed by atoms with Crippen molar-refractivity contribution in [1.29, 1.82) is 0 Å². The number of carbonyl (C=O) groups is 1. The number of carbonyl (C=O) groups excluding carboxylic acids is 1. The molecule has 4 nitrogen and oxygen atoms in total. The second-order valence-corrected chi connectivity index (χ2v) is 7.04. The molecule has 3 rings (SSSR count). The average molecular weight is 386 g/mol. The molecule has 0 aliphatic carbocycles. The van der Waals surface area contributed by atoms with Crippen LogP contribution in [0.15, 0.2) is 36.4 Å². The van der Waals surface area contributed by atoms with Crippen LogP contribution in [0.1, 0.15) is 9.67 Å². The molecule has 2 aromatic rings. The highest BCUT2D eigenvalue weighted by Crippen LogP contribution is 2.28. The highest BCUT2D eigenvalue weighted by Gasteiger charge is 2.12. The number of amides is 1. The standard InChI is InChI=1S/C17H20ClN3OS.ClH/c18-14-3-1-13(2-4-14)15-5-6-16(23-15)17(22)20-9-12-21-10-7-19-8-11-21;/h1-6,19H,7-12H2,(H,20,22);1H. The van der Waals surface area contributed by atoms with Crippen LogP contribution in [-0.4, -0.2) is 50.1 Å². The molecule has 24 heavy (non-hydrogen) atoms. The van der Waals surface area contributed by atoms with Crippen molar-refractivity contribution in [3.63, 3.8) is 0 Å². The summed E-state index contributed by atoms with van der Waals surface area (Å²) >= 11 is 7.41. The predicted molar refractivity (Wildman–Crippen MR) is 104 cm³/mol. The minimum absolute atomic E-state index is 0. The SMILES string of the molecule is Cl.O=C(NCCN1CCNCC1)c1ccc(-c2ccc(Cl)cc2)s1. The molecule has 0 spiro atoms. The molecule has 0 saturated carbocycles. The average Bonchev–Trinajstić information content (AvgIpc) is 3.06. The Balaban J connectivity index is 0.00000208. The largest absolute Gasteiger partial charge is 0.350 e. The molecule has 1 saturated heterocycles. The molecule has 0 bridgehead atoms.